The van der Waals surface area contributed by atoms with Crippen LogP contribution in [0.4, 0.5) is 0 Å². The molecule has 0 saturated carbocycles. The normalized spacial score (nSPS) is 19.4. The van der Waals surface area contributed by atoms with Gasteiger partial charge in [-0.25, -0.2) is 4.98 Å². The molecule has 3 heterocycles. The van der Waals surface area contributed by atoms with Crippen LogP contribution < -0.4 is 4.74 Å². The molecule has 0 spiro atoms. The monoisotopic (exact) mass is 274 g/mol. The fourth-order valence-electron chi connectivity index (χ4n) is 2.47. The zero-order valence-corrected chi connectivity index (χ0v) is 11.5. The number of nitrogens with zero attached hydrogens (tertiary/aromatic N) is 4. The molecule has 0 aliphatic carbocycles. The second kappa shape index (κ2) is 6.00. The van der Waals surface area contributed by atoms with Gasteiger partial charge in [-0.1, -0.05) is 5.16 Å². The first-order valence-electron chi connectivity index (χ1n) is 6.83. The maximum absolute atomic E-state index is 5.66. The van der Waals surface area contributed by atoms with E-state index < -0.39 is 0 Å². The number of likely N-dealkylation sites (tertiary alicyclic amines) is 1. The van der Waals surface area contributed by atoms with E-state index in [2.05, 4.69) is 20.0 Å². The third kappa shape index (κ3) is 3.33. The lowest BCUT2D eigenvalue weighted by Crippen LogP contribution is -2.22. The van der Waals surface area contributed by atoms with Crippen molar-refractivity contribution in [1.29, 1.82) is 0 Å². The van der Waals surface area contributed by atoms with Crippen molar-refractivity contribution in [2.24, 2.45) is 5.92 Å². The summed E-state index contributed by atoms with van der Waals surface area (Å²) in [6.07, 6.45) is 6.06. The van der Waals surface area contributed by atoms with Crippen LogP contribution in [0, 0.1) is 12.8 Å². The zero-order valence-electron chi connectivity index (χ0n) is 11.5. The summed E-state index contributed by atoms with van der Waals surface area (Å²) in [4.78, 5) is 10.5. The molecule has 1 aliphatic heterocycles. The number of ether oxygens (including phenoxy) is 1. The Hall–Kier alpha value is -1.95. The third-order valence-electron chi connectivity index (χ3n) is 3.43. The second-order valence-corrected chi connectivity index (χ2v) is 5.18. The van der Waals surface area contributed by atoms with Gasteiger partial charge in [0.15, 0.2) is 5.76 Å². The summed E-state index contributed by atoms with van der Waals surface area (Å²) < 4.78 is 10.9. The molecule has 0 N–H and O–H groups in total. The third-order valence-corrected chi connectivity index (χ3v) is 3.43. The van der Waals surface area contributed by atoms with E-state index in [9.17, 15) is 0 Å². The van der Waals surface area contributed by atoms with Crippen molar-refractivity contribution in [3.8, 4) is 5.88 Å². The number of rotatable bonds is 5. The Bertz CT molecular complexity index is 543. The van der Waals surface area contributed by atoms with Gasteiger partial charge < -0.3 is 9.26 Å². The highest BCUT2D eigenvalue weighted by atomic mass is 16.5. The van der Waals surface area contributed by atoms with Gasteiger partial charge in [0.05, 0.1) is 25.0 Å². The number of aryl methyl sites for hydroxylation is 1. The fraction of sp³-hybridized carbons (Fsp3) is 0.500. The van der Waals surface area contributed by atoms with E-state index in [1.165, 1.54) is 0 Å². The predicted octanol–water partition coefficient (Wildman–Crippen LogP) is 1.67. The first-order chi connectivity index (χ1) is 9.79. The predicted molar refractivity (Wildman–Crippen MR) is 72.2 cm³/mol. The van der Waals surface area contributed by atoms with Crippen molar-refractivity contribution in [2.75, 3.05) is 19.7 Å². The van der Waals surface area contributed by atoms with Crippen LogP contribution in [0.1, 0.15) is 17.9 Å². The van der Waals surface area contributed by atoms with Gasteiger partial charge in [0.25, 0.3) is 0 Å². The van der Waals surface area contributed by atoms with E-state index in [1.54, 1.807) is 18.6 Å². The van der Waals surface area contributed by atoms with Crippen LogP contribution in [0.2, 0.25) is 0 Å². The van der Waals surface area contributed by atoms with Crippen molar-refractivity contribution < 1.29 is 9.26 Å². The van der Waals surface area contributed by atoms with Crippen LogP contribution in [0.5, 0.6) is 5.88 Å². The van der Waals surface area contributed by atoms with Crippen LogP contribution in [0.25, 0.3) is 0 Å². The Balaban J connectivity index is 1.45. The van der Waals surface area contributed by atoms with Crippen molar-refractivity contribution in [3.05, 3.63) is 36.1 Å². The largest absolute Gasteiger partial charge is 0.476 e. The van der Waals surface area contributed by atoms with Gasteiger partial charge in [0, 0.05) is 30.9 Å². The van der Waals surface area contributed by atoms with Gasteiger partial charge in [-0.05, 0) is 19.9 Å². The molecule has 0 amide bonds. The van der Waals surface area contributed by atoms with E-state index >= 15 is 0 Å². The van der Waals surface area contributed by atoms with Crippen molar-refractivity contribution in [2.45, 2.75) is 19.9 Å². The maximum atomic E-state index is 5.66. The Labute approximate surface area is 117 Å². The molecule has 1 fully saturated rings. The summed E-state index contributed by atoms with van der Waals surface area (Å²) in [5.74, 6) is 2.05. The number of aromatic nitrogens is 3. The fourth-order valence-corrected chi connectivity index (χ4v) is 2.47. The standard InChI is InChI=1S/C14H18N4O2/c1-11-6-13(20-17-11)9-18-5-2-12(8-18)10-19-14-7-15-3-4-16-14/h3-4,6-7,12H,2,5,8-10H2,1H3. The molecule has 0 bridgehead atoms. The van der Waals surface area contributed by atoms with Gasteiger partial charge in [-0.2, -0.15) is 0 Å². The molecule has 6 heteroatoms. The summed E-state index contributed by atoms with van der Waals surface area (Å²) in [6, 6.07) is 1.99. The summed E-state index contributed by atoms with van der Waals surface area (Å²) in [6.45, 7) is 5.52. The van der Waals surface area contributed by atoms with Gasteiger partial charge in [0.2, 0.25) is 5.88 Å². The van der Waals surface area contributed by atoms with Crippen LogP contribution in [-0.4, -0.2) is 39.7 Å². The molecule has 3 rings (SSSR count). The van der Waals surface area contributed by atoms with Gasteiger partial charge in [-0.3, -0.25) is 9.88 Å². The number of hydrogen-bond donors (Lipinski definition) is 0. The van der Waals surface area contributed by atoms with Crippen LogP contribution in [0.3, 0.4) is 0 Å². The minimum absolute atomic E-state index is 0.529. The highest BCUT2D eigenvalue weighted by Crippen LogP contribution is 2.19. The quantitative estimate of drug-likeness (QED) is 0.826. The molecule has 1 saturated heterocycles. The molecule has 106 valence electrons. The molecule has 20 heavy (non-hydrogen) atoms. The summed E-state index contributed by atoms with van der Waals surface area (Å²) in [5, 5.41) is 3.91. The molecule has 1 aliphatic rings. The first kappa shape index (κ1) is 13.1. The van der Waals surface area contributed by atoms with Crippen molar-refractivity contribution in [3.63, 3.8) is 0 Å². The molecule has 2 aromatic heterocycles. The summed E-state index contributed by atoms with van der Waals surface area (Å²) in [7, 11) is 0. The minimum atomic E-state index is 0.529. The Morgan fingerprint density at radius 3 is 3.15 bits per heavy atom. The molecule has 1 unspecified atom stereocenters. The van der Waals surface area contributed by atoms with Crippen LogP contribution in [0.15, 0.2) is 29.2 Å². The van der Waals surface area contributed by atoms with Crippen molar-refractivity contribution >= 4 is 0 Å². The SMILES string of the molecule is Cc1cc(CN2CCC(COc3cnccn3)C2)on1. The topological polar surface area (TPSA) is 64.3 Å². The van der Waals surface area contributed by atoms with E-state index in [0.717, 1.165) is 37.5 Å². The maximum Gasteiger partial charge on any atom is 0.232 e. The zero-order chi connectivity index (χ0) is 13.8. The van der Waals surface area contributed by atoms with E-state index in [4.69, 9.17) is 9.26 Å². The molecular weight excluding hydrogens is 256 g/mol. The van der Waals surface area contributed by atoms with Gasteiger partial charge >= 0.3 is 0 Å². The first-order valence-corrected chi connectivity index (χ1v) is 6.83. The van der Waals surface area contributed by atoms with Crippen LogP contribution >= 0.6 is 0 Å². The Kier molecular flexibility index (Phi) is 3.92. The highest BCUT2D eigenvalue weighted by molar-refractivity contribution is 5.03. The molecule has 1 atom stereocenters. The average Bonchev–Trinajstić information content (AvgIpc) is 3.08. The minimum Gasteiger partial charge on any atom is -0.476 e. The molecule has 2 aromatic rings. The smallest absolute Gasteiger partial charge is 0.232 e. The molecule has 6 nitrogen and oxygen atoms in total. The lowest BCUT2D eigenvalue weighted by Gasteiger charge is -2.14. The molecule has 0 radical (unpaired) electrons. The average molecular weight is 274 g/mol. The Morgan fingerprint density at radius 2 is 2.40 bits per heavy atom. The van der Waals surface area contributed by atoms with E-state index in [0.29, 0.717) is 18.4 Å². The highest BCUT2D eigenvalue weighted by Gasteiger charge is 2.24. The van der Waals surface area contributed by atoms with E-state index in [-0.39, 0.29) is 0 Å². The molecular formula is C14H18N4O2. The summed E-state index contributed by atoms with van der Waals surface area (Å²) >= 11 is 0. The van der Waals surface area contributed by atoms with Crippen LogP contribution in [-0.2, 0) is 6.54 Å². The molecule has 0 aromatic carbocycles. The van der Waals surface area contributed by atoms with Gasteiger partial charge in [0.1, 0.15) is 0 Å². The lowest BCUT2D eigenvalue weighted by atomic mass is 10.1. The number of hydrogen-bond acceptors (Lipinski definition) is 6. The van der Waals surface area contributed by atoms with Crippen molar-refractivity contribution in [1.82, 2.24) is 20.0 Å². The lowest BCUT2D eigenvalue weighted by molar-refractivity contribution is 0.222. The van der Waals surface area contributed by atoms with E-state index in [1.807, 2.05) is 13.0 Å². The summed E-state index contributed by atoms with van der Waals surface area (Å²) in [5.41, 5.74) is 0.932. The Morgan fingerprint density at radius 1 is 1.45 bits per heavy atom. The second-order valence-electron chi connectivity index (χ2n) is 5.18. The van der Waals surface area contributed by atoms with Gasteiger partial charge in [-0.15, -0.1) is 0 Å².